The van der Waals surface area contributed by atoms with Gasteiger partial charge in [-0.25, -0.2) is 0 Å². The molecule has 1 rings (SSSR count). The molecule has 0 bridgehead atoms. The fourth-order valence-corrected chi connectivity index (χ4v) is 1.15. The van der Waals surface area contributed by atoms with Gasteiger partial charge in [-0.15, -0.1) is 0 Å². The van der Waals surface area contributed by atoms with Gasteiger partial charge in [-0.05, 0) is 30.2 Å². The largest absolute Gasteiger partial charge is 0.424 e. The Morgan fingerprint density at radius 3 is 2.50 bits per heavy atom. The lowest BCUT2D eigenvalue weighted by atomic mass is 9.90. The fourth-order valence-electron chi connectivity index (χ4n) is 1.15. The van der Waals surface area contributed by atoms with Crippen LogP contribution in [0.5, 0.6) is 0 Å². The highest BCUT2D eigenvalue weighted by molar-refractivity contribution is 6.05. The van der Waals surface area contributed by atoms with E-state index >= 15 is 0 Å². The Bertz CT molecular complexity index is 315. The molecule has 0 heterocycles. The van der Waals surface area contributed by atoms with E-state index < -0.39 is 17.6 Å². The lowest BCUT2D eigenvalue weighted by Gasteiger charge is -2.27. The molecule has 1 aliphatic carbocycles. The molecule has 1 unspecified atom stereocenters. The number of allylic oxidation sites excluding steroid dienone is 2. The molecule has 0 amide bonds. The van der Waals surface area contributed by atoms with Crippen molar-refractivity contribution in [2.24, 2.45) is 0 Å². The predicted octanol–water partition coefficient (Wildman–Crippen LogP) is 1.76. The number of hydrogen-bond acceptors (Lipinski definition) is 2. The highest BCUT2D eigenvalue weighted by Gasteiger charge is 2.51. The van der Waals surface area contributed by atoms with Crippen LogP contribution in [0, 0.1) is 0 Å². The number of halogens is 3. The Hall–Kier alpha value is -1.10. The van der Waals surface area contributed by atoms with Gasteiger partial charge >= 0.3 is 6.18 Å². The van der Waals surface area contributed by atoms with Gasteiger partial charge in [0.05, 0.1) is 0 Å². The molecule has 0 aromatic heterocycles. The van der Waals surface area contributed by atoms with Crippen LogP contribution in [-0.2, 0) is 4.79 Å². The molecule has 0 fully saturated rings. The van der Waals surface area contributed by atoms with E-state index in [0.717, 1.165) is 6.08 Å². The first-order chi connectivity index (χ1) is 6.30. The summed E-state index contributed by atoms with van der Waals surface area (Å²) >= 11 is 0. The van der Waals surface area contributed by atoms with E-state index in [1.165, 1.54) is 0 Å². The Labute approximate surface area is 78.7 Å². The van der Waals surface area contributed by atoms with Crippen molar-refractivity contribution >= 4 is 5.78 Å². The van der Waals surface area contributed by atoms with E-state index in [4.69, 9.17) is 0 Å². The van der Waals surface area contributed by atoms with Crippen molar-refractivity contribution in [2.45, 2.75) is 25.1 Å². The maximum Gasteiger partial charge on any atom is 0.424 e. The smallest absolute Gasteiger partial charge is 0.373 e. The molecular weight excluding hydrogens is 197 g/mol. The van der Waals surface area contributed by atoms with Crippen LogP contribution in [0.4, 0.5) is 13.2 Å². The van der Waals surface area contributed by atoms with Crippen molar-refractivity contribution in [3.8, 4) is 0 Å². The van der Waals surface area contributed by atoms with Gasteiger partial charge < -0.3 is 5.11 Å². The zero-order valence-corrected chi connectivity index (χ0v) is 7.43. The van der Waals surface area contributed by atoms with Crippen LogP contribution in [0.1, 0.15) is 13.3 Å². The number of carbonyl (C=O) groups is 1. The van der Waals surface area contributed by atoms with Crippen molar-refractivity contribution in [1.82, 2.24) is 0 Å². The highest BCUT2D eigenvalue weighted by Crippen LogP contribution is 2.36. The third-order valence-corrected chi connectivity index (χ3v) is 2.03. The monoisotopic (exact) mass is 206 g/mol. The molecular formula is C9H9F3O2. The average Bonchev–Trinajstić information content (AvgIpc) is 2.07. The number of alkyl halides is 3. The van der Waals surface area contributed by atoms with Gasteiger partial charge in [0, 0.05) is 0 Å². The van der Waals surface area contributed by atoms with Gasteiger partial charge in [-0.1, -0.05) is 6.92 Å². The predicted molar refractivity (Wildman–Crippen MR) is 43.5 cm³/mol. The van der Waals surface area contributed by atoms with Gasteiger partial charge in [0.1, 0.15) is 0 Å². The fraction of sp³-hybridized carbons (Fsp3) is 0.444. The summed E-state index contributed by atoms with van der Waals surface area (Å²) in [5.41, 5.74) is -3.01. The maximum atomic E-state index is 12.3. The van der Waals surface area contributed by atoms with Gasteiger partial charge in [-0.3, -0.25) is 4.79 Å². The first kappa shape index (κ1) is 11.0. The zero-order valence-electron chi connectivity index (χ0n) is 7.43. The number of hydrogen-bond donors (Lipinski definition) is 1. The number of ketones is 1. The first-order valence-electron chi connectivity index (χ1n) is 4.04. The Balaban J connectivity index is 3.11. The van der Waals surface area contributed by atoms with E-state index in [1.807, 2.05) is 0 Å². The van der Waals surface area contributed by atoms with E-state index in [1.54, 1.807) is 6.92 Å². The van der Waals surface area contributed by atoms with Crippen LogP contribution in [0.15, 0.2) is 23.8 Å². The van der Waals surface area contributed by atoms with Crippen molar-refractivity contribution in [1.29, 1.82) is 0 Å². The molecule has 2 nitrogen and oxygen atoms in total. The van der Waals surface area contributed by atoms with Crippen molar-refractivity contribution in [3.63, 3.8) is 0 Å². The second-order valence-corrected chi connectivity index (χ2v) is 3.04. The minimum atomic E-state index is -4.79. The van der Waals surface area contributed by atoms with Crippen LogP contribution >= 0.6 is 0 Å². The van der Waals surface area contributed by atoms with Gasteiger partial charge in [0.25, 0.3) is 0 Å². The summed E-state index contributed by atoms with van der Waals surface area (Å²) < 4.78 is 36.9. The summed E-state index contributed by atoms with van der Waals surface area (Å²) in [6.45, 7) is 1.56. The van der Waals surface area contributed by atoms with Crippen LogP contribution in [0.25, 0.3) is 0 Å². The molecule has 1 atom stereocenters. The molecule has 5 heteroatoms. The summed E-state index contributed by atoms with van der Waals surface area (Å²) in [6, 6.07) is 0. The van der Waals surface area contributed by atoms with Gasteiger partial charge in [-0.2, -0.15) is 13.2 Å². The second kappa shape index (κ2) is 3.24. The third-order valence-electron chi connectivity index (χ3n) is 2.03. The van der Waals surface area contributed by atoms with E-state index in [-0.39, 0.29) is 12.0 Å². The Morgan fingerprint density at radius 1 is 1.50 bits per heavy atom. The first-order valence-corrected chi connectivity index (χ1v) is 4.04. The summed E-state index contributed by atoms with van der Waals surface area (Å²) in [5, 5.41) is 9.19. The van der Waals surface area contributed by atoms with Crippen LogP contribution in [0.2, 0.25) is 0 Å². The van der Waals surface area contributed by atoms with Crippen molar-refractivity contribution < 1.29 is 23.1 Å². The highest BCUT2D eigenvalue weighted by atomic mass is 19.4. The number of rotatable bonds is 1. The SMILES string of the molecule is CCC1=CC(O)(C(F)(F)F)C=CC1=O. The van der Waals surface area contributed by atoms with E-state index in [9.17, 15) is 23.1 Å². The molecule has 0 aromatic carbocycles. The molecule has 0 saturated carbocycles. The molecule has 0 aromatic rings. The minimum Gasteiger partial charge on any atom is -0.373 e. The second-order valence-electron chi connectivity index (χ2n) is 3.04. The Morgan fingerprint density at radius 2 is 2.07 bits per heavy atom. The lowest BCUT2D eigenvalue weighted by molar-refractivity contribution is -0.221. The summed E-state index contributed by atoms with van der Waals surface area (Å²) in [5.74, 6) is -0.485. The molecule has 0 radical (unpaired) electrons. The third kappa shape index (κ3) is 1.72. The standard InChI is InChI=1S/C9H9F3O2/c1-2-6-5-8(14,9(10,11)12)4-3-7(6)13/h3-5,14H,2H2,1H3. The molecule has 1 aliphatic rings. The van der Waals surface area contributed by atoms with E-state index in [2.05, 4.69) is 0 Å². The van der Waals surface area contributed by atoms with Crippen LogP contribution < -0.4 is 0 Å². The molecule has 0 aliphatic heterocycles. The summed E-state index contributed by atoms with van der Waals surface area (Å²) in [6.07, 6.45) is -2.83. The summed E-state index contributed by atoms with van der Waals surface area (Å²) in [7, 11) is 0. The quantitative estimate of drug-likeness (QED) is 0.709. The average molecular weight is 206 g/mol. The van der Waals surface area contributed by atoms with E-state index in [0.29, 0.717) is 12.2 Å². The lowest BCUT2D eigenvalue weighted by Crippen LogP contribution is -2.43. The molecule has 1 N–H and O–H groups in total. The normalized spacial score (nSPS) is 27.8. The Kier molecular flexibility index (Phi) is 2.54. The molecule has 78 valence electrons. The summed E-state index contributed by atoms with van der Waals surface area (Å²) in [4.78, 5) is 11.0. The van der Waals surface area contributed by atoms with Gasteiger partial charge in [0.15, 0.2) is 11.4 Å². The van der Waals surface area contributed by atoms with Crippen LogP contribution in [0.3, 0.4) is 0 Å². The zero-order chi connectivity index (χ0) is 11.0. The topological polar surface area (TPSA) is 37.3 Å². The number of carbonyl (C=O) groups excluding carboxylic acids is 1. The van der Waals surface area contributed by atoms with Crippen molar-refractivity contribution in [3.05, 3.63) is 23.8 Å². The molecule has 0 saturated heterocycles. The maximum absolute atomic E-state index is 12.3. The molecule has 14 heavy (non-hydrogen) atoms. The van der Waals surface area contributed by atoms with Gasteiger partial charge in [0.2, 0.25) is 0 Å². The number of aliphatic hydroxyl groups is 1. The van der Waals surface area contributed by atoms with Crippen molar-refractivity contribution in [2.75, 3.05) is 0 Å². The van der Waals surface area contributed by atoms with Crippen LogP contribution in [-0.4, -0.2) is 22.7 Å². The minimum absolute atomic E-state index is 0.0210. The molecule has 0 spiro atoms.